The Labute approximate surface area is 114 Å². The number of halogens is 1. The number of rotatable bonds is 6. The summed E-state index contributed by atoms with van der Waals surface area (Å²) in [6, 6.07) is 5.44. The second kappa shape index (κ2) is 7.27. The van der Waals surface area contributed by atoms with Gasteiger partial charge < -0.3 is 10.2 Å². The van der Waals surface area contributed by atoms with Gasteiger partial charge >= 0.3 is 0 Å². The number of carbonyl (C=O) groups is 1. The van der Waals surface area contributed by atoms with Crippen molar-refractivity contribution in [2.75, 3.05) is 25.5 Å². The lowest BCUT2D eigenvalue weighted by Gasteiger charge is -2.22. The van der Waals surface area contributed by atoms with Gasteiger partial charge in [-0.05, 0) is 31.0 Å². The van der Waals surface area contributed by atoms with E-state index in [0.29, 0.717) is 10.6 Å². The maximum atomic E-state index is 12.4. The molecule has 0 aliphatic carbocycles. The van der Waals surface area contributed by atoms with E-state index in [1.807, 2.05) is 18.0 Å². The Hall–Kier alpha value is -1.22. The molecule has 0 fully saturated rings. The molecule has 0 bridgehead atoms. The second-order valence-electron chi connectivity index (χ2n) is 4.24. The Morgan fingerprint density at radius 1 is 1.28 bits per heavy atom. The van der Waals surface area contributed by atoms with Gasteiger partial charge in [-0.3, -0.25) is 4.79 Å². The van der Waals surface area contributed by atoms with Crippen LogP contribution in [0, 0.1) is 0 Å². The van der Waals surface area contributed by atoms with Gasteiger partial charge in [0.25, 0.3) is 5.91 Å². The van der Waals surface area contributed by atoms with Crippen LogP contribution in [0.4, 0.5) is 5.69 Å². The molecule has 0 aliphatic heterocycles. The van der Waals surface area contributed by atoms with E-state index in [1.165, 1.54) is 0 Å². The lowest BCUT2D eigenvalue weighted by atomic mass is 10.1. The summed E-state index contributed by atoms with van der Waals surface area (Å²) in [7, 11) is 1.83. The predicted molar refractivity (Wildman–Crippen MR) is 77.5 cm³/mol. The van der Waals surface area contributed by atoms with Crippen molar-refractivity contribution < 1.29 is 4.79 Å². The number of hydrogen-bond donors (Lipinski definition) is 1. The van der Waals surface area contributed by atoms with Crippen LogP contribution in [-0.4, -0.2) is 30.9 Å². The summed E-state index contributed by atoms with van der Waals surface area (Å²) in [4.78, 5) is 14.2. The molecule has 0 spiro atoms. The van der Waals surface area contributed by atoms with Gasteiger partial charge in [0.15, 0.2) is 0 Å². The highest BCUT2D eigenvalue weighted by atomic mass is 35.5. The highest BCUT2D eigenvalue weighted by molar-refractivity contribution is 6.34. The minimum Gasteiger partial charge on any atom is -0.388 e. The summed E-state index contributed by atoms with van der Waals surface area (Å²) in [6.45, 7) is 5.69. The lowest BCUT2D eigenvalue weighted by molar-refractivity contribution is 0.0756. The van der Waals surface area contributed by atoms with Crippen molar-refractivity contribution in [1.82, 2.24) is 4.90 Å². The van der Waals surface area contributed by atoms with Crippen molar-refractivity contribution >= 4 is 23.2 Å². The SMILES string of the molecule is CCCN(CCC)C(=O)c1ccc(NC)cc1Cl. The number of carbonyl (C=O) groups excluding carboxylic acids is 1. The fourth-order valence-electron chi connectivity index (χ4n) is 1.87. The molecular formula is C14H21ClN2O. The number of amides is 1. The van der Waals surface area contributed by atoms with Gasteiger partial charge in [0.1, 0.15) is 0 Å². The van der Waals surface area contributed by atoms with Gasteiger partial charge in [0, 0.05) is 25.8 Å². The summed E-state index contributed by atoms with van der Waals surface area (Å²) >= 11 is 6.16. The molecule has 1 aromatic rings. The number of anilines is 1. The van der Waals surface area contributed by atoms with Crippen molar-refractivity contribution in [1.29, 1.82) is 0 Å². The summed E-state index contributed by atoms with van der Waals surface area (Å²) in [5.74, 6) is 0.0198. The van der Waals surface area contributed by atoms with Crippen LogP contribution in [0.3, 0.4) is 0 Å². The van der Waals surface area contributed by atoms with Crippen LogP contribution < -0.4 is 5.32 Å². The highest BCUT2D eigenvalue weighted by Crippen LogP contribution is 2.22. The average Bonchev–Trinajstić information content (AvgIpc) is 2.37. The van der Waals surface area contributed by atoms with Crippen LogP contribution in [0.2, 0.25) is 5.02 Å². The van der Waals surface area contributed by atoms with Crippen LogP contribution >= 0.6 is 11.6 Å². The van der Waals surface area contributed by atoms with Gasteiger partial charge in [-0.25, -0.2) is 0 Å². The van der Waals surface area contributed by atoms with E-state index in [-0.39, 0.29) is 5.91 Å². The fourth-order valence-corrected chi connectivity index (χ4v) is 2.13. The van der Waals surface area contributed by atoms with Gasteiger partial charge in [0.05, 0.1) is 10.6 Å². The van der Waals surface area contributed by atoms with E-state index in [4.69, 9.17) is 11.6 Å². The molecule has 0 atom stereocenters. The molecule has 18 heavy (non-hydrogen) atoms. The first-order chi connectivity index (χ1) is 8.63. The topological polar surface area (TPSA) is 32.3 Å². The lowest BCUT2D eigenvalue weighted by Crippen LogP contribution is -2.32. The maximum absolute atomic E-state index is 12.4. The van der Waals surface area contributed by atoms with Crippen LogP contribution in [0.5, 0.6) is 0 Å². The van der Waals surface area contributed by atoms with Crippen LogP contribution in [0.15, 0.2) is 18.2 Å². The van der Waals surface area contributed by atoms with E-state index in [0.717, 1.165) is 31.6 Å². The Kier molecular flexibility index (Phi) is 5.99. The summed E-state index contributed by atoms with van der Waals surface area (Å²) in [5.41, 5.74) is 1.49. The zero-order chi connectivity index (χ0) is 13.5. The van der Waals surface area contributed by atoms with E-state index < -0.39 is 0 Å². The van der Waals surface area contributed by atoms with Crippen molar-refractivity contribution in [3.63, 3.8) is 0 Å². The monoisotopic (exact) mass is 268 g/mol. The van der Waals surface area contributed by atoms with Crippen LogP contribution in [-0.2, 0) is 0 Å². The van der Waals surface area contributed by atoms with Gasteiger partial charge in [-0.2, -0.15) is 0 Å². The standard InChI is InChI=1S/C14H21ClN2O/c1-4-8-17(9-5-2)14(18)12-7-6-11(16-3)10-13(12)15/h6-7,10,16H,4-5,8-9H2,1-3H3. The highest BCUT2D eigenvalue weighted by Gasteiger charge is 2.17. The zero-order valence-electron chi connectivity index (χ0n) is 11.3. The maximum Gasteiger partial charge on any atom is 0.255 e. The van der Waals surface area contributed by atoms with Gasteiger partial charge in [0.2, 0.25) is 0 Å². The Morgan fingerprint density at radius 2 is 1.89 bits per heavy atom. The van der Waals surface area contributed by atoms with Gasteiger partial charge in [-0.15, -0.1) is 0 Å². The summed E-state index contributed by atoms with van der Waals surface area (Å²) in [5, 5.41) is 3.51. The normalized spacial score (nSPS) is 10.2. The van der Waals surface area contributed by atoms with Crippen molar-refractivity contribution in [2.45, 2.75) is 26.7 Å². The third kappa shape index (κ3) is 3.64. The molecular weight excluding hydrogens is 248 g/mol. The molecule has 1 rings (SSSR count). The Morgan fingerprint density at radius 3 is 2.33 bits per heavy atom. The largest absolute Gasteiger partial charge is 0.388 e. The Bertz CT molecular complexity index is 401. The second-order valence-corrected chi connectivity index (χ2v) is 4.64. The fraction of sp³-hybridized carbons (Fsp3) is 0.500. The number of benzene rings is 1. The molecule has 0 aromatic heterocycles. The first kappa shape index (κ1) is 14.8. The van der Waals surface area contributed by atoms with Crippen LogP contribution in [0.25, 0.3) is 0 Å². The minimum atomic E-state index is 0.0198. The zero-order valence-corrected chi connectivity index (χ0v) is 12.0. The third-order valence-electron chi connectivity index (χ3n) is 2.76. The number of nitrogens with zero attached hydrogens (tertiary/aromatic N) is 1. The van der Waals surface area contributed by atoms with E-state index >= 15 is 0 Å². The summed E-state index contributed by atoms with van der Waals surface area (Å²) < 4.78 is 0. The molecule has 0 aliphatic rings. The molecule has 0 saturated carbocycles. The molecule has 1 N–H and O–H groups in total. The molecule has 3 nitrogen and oxygen atoms in total. The van der Waals surface area contributed by atoms with Crippen molar-refractivity contribution in [3.8, 4) is 0 Å². The molecule has 0 saturated heterocycles. The van der Waals surface area contributed by atoms with Crippen molar-refractivity contribution in [2.24, 2.45) is 0 Å². The van der Waals surface area contributed by atoms with E-state index in [9.17, 15) is 4.79 Å². The molecule has 0 radical (unpaired) electrons. The number of hydrogen-bond acceptors (Lipinski definition) is 2. The molecule has 1 amide bonds. The quantitative estimate of drug-likeness (QED) is 0.854. The van der Waals surface area contributed by atoms with Gasteiger partial charge in [-0.1, -0.05) is 25.4 Å². The Balaban J connectivity index is 2.93. The van der Waals surface area contributed by atoms with Crippen LogP contribution in [0.1, 0.15) is 37.0 Å². The molecule has 100 valence electrons. The van der Waals surface area contributed by atoms with Crippen molar-refractivity contribution in [3.05, 3.63) is 28.8 Å². The molecule has 4 heteroatoms. The molecule has 0 heterocycles. The summed E-state index contributed by atoms with van der Waals surface area (Å²) in [6.07, 6.45) is 1.91. The predicted octanol–water partition coefficient (Wildman–Crippen LogP) is 3.64. The first-order valence-corrected chi connectivity index (χ1v) is 6.78. The molecule has 0 unspecified atom stereocenters. The number of nitrogens with one attached hydrogen (secondary N) is 1. The minimum absolute atomic E-state index is 0.0198. The van der Waals surface area contributed by atoms with E-state index in [2.05, 4.69) is 19.2 Å². The first-order valence-electron chi connectivity index (χ1n) is 6.40. The smallest absolute Gasteiger partial charge is 0.255 e. The average molecular weight is 269 g/mol. The third-order valence-corrected chi connectivity index (χ3v) is 3.08. The van der Waals surface area contributed by atoms with E-state index in [1.54, 1.807) is 12.1 Å². The molecule has 1 aromatic carbocycles.